The van der Waals surface area contributed by atoms with Gasteiger partial charge in [-0.05, 0) is 30.5 Å². The molecule has 0 bridgehead atoms. The first kappa shape index (κ1) is 14.3. The minimum absolute atomic E-state index is 0.0507. The Labute approximate surface area is 136 Å². The number of nitrogens with one attached hydrogen (secondary N) is 1. The van der Waals surface area contributed by atoms with Gasteiger partial charge in [0.2, 0.25) is 0 Å². The molecule has 2 aromatic carbocycles. The van der Waals surface area contributed by atoms with Gasteiger partial charge in [0.1, 0.15) is 12.0 Å². The largest absolute Gasteiger partial charge is 0.496 e. The van der Waals surface area contributed by atoms with Crippen molar-refractivity contribution in [2.75, 3.05) is 19.0 Å². The molecule has 0 saturated carbocycles. The molecule has 0 aliphatic carbocycles. The maximum Gasteiger partial charge on any atom is 0.137 e. The molecule has 2 aliphatic heterocycles. The van der Waals surface area contributed by atoms with Crippen LogP contribution >= 0.6 is 0 Å². The third-order valence-corrected chi connectivity index (χ3v) is 5.00. The molecule has 118 valence electrons. The monoisotopic (exact) mass is 307 g/mol. The second kappa shape index (κ2) is 5.74. The number of hydrogen-bond donors (Lipinski definition) is 1. The quantitative estimate of drug-likeness (QED) is 0.918. The molecule has 0 spiro atoms. The molecule has 0 aromatic heterocycles. The molecular formula is C20H21NO2. The number of methoxy groups -OCH3 is 1. The van der Waals surface area contributed by atoms with Crippen LogP contribution in [0.4, 0.5) is 5.69 Å². The number of anilines is 1. The van der Waals surface area contributed by atoms with Crippen molar-refractivity contribution in [3.05, 3.63) is 65.7 Å². The number of hydrogen-bond acceptors (Lipinski definition) is 3. The molecule has 0 amide bonds. The summed E-state index contributed by atoms with van der Waals surface area (Å²) in [6.07, 6.45) is 6.51. The summed E-state index contributed by atoms with van der Waals surface area (Å²) in [5.74, 6) is 0.908. The van der Waals surface area contributed by atoms with Crippen LogP contribution in [0.3, 0.4) is 0 Å². The number of para-hydroxylation sites is 2. The van der Waals surface area contributed by atoms with Crippen LogP contribution in [0.1, 0.15) is 24.0 Å². The number of rotatable bonds is 4. The Hall–Kier alpha value is -2.26. The Morgan fingerprint density at radius 1 is 1.22 bits per heavy atom. The van der Waals surface area contributed by atoms with Crippen molar-refractivity contribution < 1.29 is 9.47 Å². The van der Waals surface area contributed by atoms with Crippen molar-refractivity contribution in [2.45, 2.75) is 24.5 Å². The van der Waals surface area contributed by atoms with Crippen molar-refractivity contribution in [1.82, 2.24) is 0 Å². The second-order valence-electron chi connectivity index (χ2n) is 6.20. The van der Waals surface area contributed by atoms with Crippen molar-refractivity contribution in [2.24, 2.45) is 0 Å². The van der Waals surface area contributed by atoms with Gasteiger partial charge in [0.15, 0.2) is 0 Å². The summed E-state index contributed by atoms with van der Waals surface area (Å²) in [5.41, 5.74) is 3.76. The summed E-state index contributed by atoms with van der Waals surface area (Å²) in [5, 5.41) is 3.53. The van der Waals surface area contributed by atoms with E-state index in [9.17, 15) is 0 Å². The van der Waals surface area contributed by atoms with Crippen LogP contribution < -0.4 is 10.1 Å². The van der Waals surface area contributed by atoms with Crippen LogP contribution in [-0.2, 0) is 10.2 Å². The topological polar surface area (TPSA) is 30.5 Å². The summed E-state index contributed by atoms with van der Waals surface area (Å²) in [7, 11) is 1.71. The van der Waals surface area contributed by atoms with Crippen molar-refractivity contribution in [3.63, 3.8) is 0 Å². The average Bonchev–Trinajstić information content (AvgIpc) is 3.11. The average molecular weight is 307 g/mol. The van der Waals surface area contributed by atoms with Crippen molar-refractivity contribution in [1.29, 1.82) is 0 Å². The van der Waals surface area contributed by atoms with E-state index in [1.54, 1.807) is 7.11 Å². The summed E-state index contributed by atoms with van der Waals surface area (Å²) >= 11 is 0. The van der Waals surface area contributed by atoms with Gasteiger partial charge in [0, 0.05) is 16.7 Å². The van der Waals surface area contributed by atoms with E-state index in [2.05, 4.69) is 47.8 Å². The van der Waals surface area contributed by atoms with Crippen LogP contribution in [0.15, 0.2) is 54.6 Å². The van der Waals surface area contributed by atoms with Crippen LogP contribution in [-0.4, -0.2) is 19.9 Å². The smallest absolute Gasteiger partial charge is 0.137 e. The van der Waals surface area contributed by atoms with Crippen LogP contribution in [0.25, 0.3) is 6.08 Å². The predicted molar refractivity (Wildman–Crippen MR) is 92.7 cm³/mol. The third-order valence-electron chi connectivity index (χ3n) is 5.00. The fraction of sp³-hybridized carbons (Fsp3) is 0.300. The second-order valence-corrected chi connectivity index (χ2v) is 6.20. The van der Waals surface area contributed by atoms with E-state index in [0.717, 1.165) is 30.8 Å². The fourth-order valence-corrected chi connectivity index (χ4v) is 3.81. The van der Waals surface area contributed by atoms with E-state index in [1.165, 1.54) is 11.3 Å². The van der Waals surface area contributed by atoms with Crippen molar-refractivity contribution in [3.8, 4) is 5.75 Å². The van der Waals surface area contributed by atoms with Gasteiger partial charge in [0.05, 0.1) is 13.7 Å². The maximum atomic E-state index is 5.94. The minimum Gasteiger partial charge on any atom is -0.496 e. The third kappa shape index (κ3) is 2.32. The Morgan fingerprint density at radius 2 is 2.04 bits per heavy atom. The van der Waals surface area contributed by atoms with Gasteiger partial charge in [-0.2, -0.15) is 0 Å². The lowest BCUT2D eigenvalue weighted by molar-refractivity contribution is 0.108. The van der Waals surface area contributed by atoms with E-state index in [0.29, 0.717) is 0 Å². The molecule has 1 fully saturated rings. The van der Waals surface area contributed by atoms with E-state index < -0.39 is 0 Å². The molecule has 3 nitrogen and oxygen atoms in total. The lowest BCUT2D eigenvalue weighted by atomic mass is 9.76. The first-order valence-electron chi connectivity index (χ1n) is 8.11. The molecule has 0 radical (unpaired) electrons. The lowest BCUT2D eigenvalue weighted by Crippen LogP contribution is -2.34. The Balaban J connectivity index is 1.61. The van der Waals surface area contributed by atoms with Crippen LogP contribution in [0, 0.1) is 0 Å². The molecule has 2 aromatic rings. The molecule has 3 heteroatoms. The summed E-state index contributed by atoms with van der Waals surface area (Å²) < 4.78 is 11.4. The Morgan fingerprint density at radius 3 is 2.96 bits per heavy atom. The molecule has 2 aliphatic rings. The zero-order valence-corrected chi connectivity index (χ0v) is 13.3. The van der Waals surface area contributed by atoms with Crippen LogP contribution in [0.2, 0.25) is 0 Å². The van der Waals surface area contributed by atoms with Gasteiger partial charge < -0.3 is 14.8 Å². The highest BCUT2D eigenvalue weighted by molar-refractivity contribution is 5.63. The van der Waals surface area contributed by atoms with Crippen LogP contribution in [0.5, 0.6) is 5.75 Å². The van der Waals surface area contributed by atoms with Gasteiger partial charge in [-0.25, -0.2) is 0 Å². The Bertz CT molecular complexity index is 740. The highest BCUT2D eigenvalue weighted by Gasteiger charge is 2.50. The fourth-order valence-electron chi connectivity index (χ4n) is 3.81. The zero-order valence-electron chi connectivity index (χ0n) is 13.3. The molecular weight excluding hydrogens is 286 g/mol. The van der Waals surface area contributed by atoms with Gasteiger partial charge >= 0.3 is 0 Å². The molecule has 1 N–H and O–H groups in total. The molecule has 4 rings (SSSR count). The van der Waals surface area contributed by atoms with Crippen molar-refractivity contribution >= 4 is 11.8 Å². The highest BCUT2D eigenvalue weighted by atomic mass is 16.5. The summed E-state index contributed by atoms with van der Waals surface area (Å²) in [6, 6.07) is 16.7. The van der Waals surface area contributed by atoms with E-state index >= 15 is 0 Å². The number of benzene rings is 2. The van der Waals surface area contributed by atoms with Gasteiger partial charge in [-0.3, -0.25) is 0 Å². The number of allylic oxidation sites excluding steroid dienone is 1. The lowest BCUT2D eigenvalue weighted by Gasteiger charge is -2.26. The van der Waals surface area contributed by atoms with Gasteiger partial charge in [-0.1, -0.05) is 48.6 Å². The standard InChI is InChI=1S/C20H21NO2/c1-22-18-11-5-2-7-15(18)8-6-12-20-13-14-23-19(20)21-17-10-4-3-9-16(17)20/h2-11,19,21H,12-14H2,1H3/b8-6+/t19-,20-/m0/s1. The first-order valence-corrected chi connectivity index (χ1v) is 8.11. The number of ether oxygens (including phenoxy) is 2. The first-order chi connectivity index (χ1) is 11.3. The Kier molecular flexibility index (Phi) is 3.58. The van der Waals surface area contributed by atoms with Gasteiger partial charge in [0.25, 0.3) is 0 Å². The zero-order chi connectivity index (χ0) is 15.7. The predicted octanol–water partition coefficient (Wildman–Crippen LogP) is 4.21. The summed E-state index contributed by atoms with van der Waals surface area (Å²) in [6.45, 7) is 0.814. The number of fused-ring (bicyclic) bond motifs is 3. The van der Waals surface area contributed by atoms with E-state index in [-0.39, 0.29) is 11.6 Å². The molecule has 23 heavy (non-hydrogen) atoms. The normalized spacial score (nSPS) is 25.2. The van der Waals surface area contributed by atoms with E-state index in [4.69, 9.17) is 9.47 Å². The van der Waals surface area contributed by atoms with Gasteiger partial charge in [-0.15, -0.1) is 0 Å². The molecule has 2 heterocycles. The highest BCUT2D eigenvalue weighted by Crippen LogP contribution is 2.49. The minimum atomic E-state index is 0.0507. The maximum absolute atomic E-state index is 5.94. The molecule has 2 atom stereocenters. The van der Waals surface area contributed by atoms with E-state index in [1.807, 2.05) is 18.2 Å². The molecule has 0 unspecified atom stereocenters. The summed E-state index contributed by atoms with van der Waals surface area (Å²) in [4.78, 5) is 0. The SMILES string of the molecule is COc1ccccc1/C=C/C[C@@]12CCO[C@@H]1Nc1ccccc12. The molecule has 1 saturated heterocycles.